The molecule has 2 aromatic carbocycles. The van der Waals surface area contributed by atoms with Gasteiger partial charge in [0.1, 0.15) is 18.4 Å². The van der Waals surface area contributed by atoms with Crippen molar-refractivity contribution in [2.24, 2.45) is 0 Å². The molecule has 0 bridgehead atoms. The third kappa shape index (κ3) is 5.86. The van der Waals surface area contributed by atoms with Gasteiger partial charge in [0.05, 0.1) is 34.5 Å². The summed E-state index contributed by atoms with van der Waals surface area (Å²) in [5.74, 6) is 1.28. The van der Waals surface area contributed by atoms with E-state index in [2.05, 4.69) is 10.5 Å². The highest BCUT2D eigenvalue weighted by molar-refractivity contribution is 6.42. The van der Waals surface area contributed by atoms with Crippen molar-refractivity contribution >= 4 is 35.2 Å². The molecule has 0 spiro atoms. The summed E-state index contributed by atoms with van der Waals surface area (Å²) in [5, 5.41) is 16.5. The maximum atomic E-state index is 12.4. The van der Waals surface area contributed by atoms with Crippen molar-refractivity contribution < 1.29 is 18.8 Å². The number of hydrogen-bond acceptors (Lipinski definition) is 6. The molecule has 1 unspecified atom stereocenters. The maximum absolute atomic E-state index is 12.4. The molecule has 0 fully saturated rings. The number of aromatic nitrogens is 1. The lowest BCUT2D eigenvalue weighted by Crippen LogP contribution is -2.26. The molecular formula is C24H21Cl2N3O4. The molecule has 3 aromatic rings. The largest absolute Gasteiger partial charge is 0.493 e. The number of ether oxygens (including phenoxy) is 2. The van der Waals surface area contributed by atoms with Crippen LogP contribution in [-0.4, -0.2) is 18.2 Å². The fourth-order valence-electron chi connectivity index (χ4n) is 3.05. The Hall–Kier alpha value is -3.47. The molecule has 1 atom stereocenters. The van der Waals surface area contributed by atoms with Crippen molar-refractivity contribution in [1.29, 1.82) is 5.26 Å². The maximum Gasteiger partial charge on any atom is 0.245 e. The highest BCUT2D eigenvalue weighted by Crippen LogP contribution is 2.31. The molecule has 0 saturated carbocycles. The standard InChI is InChI=1S/C24H21Cl2N3O4/c1-14-18(15(2)33-29-14)13-32-21-9-7-16(11-22(21)31-3)8-10-23(30)28-20(12-27)17-5-4-6-19(25)24(17)26/h4-11,20H,13H2,1-3H3,(H,28,30)/b10-8+. The van der Waals surface area contributed by atoms with Crippen LogP contribution in [0.15, 0.2) is 47.0 Å². The van der Waals surface area contributed by atoms with E-state index in [9.17, 15) is 10.1 Å². The fourth-order valence-corrected chi connectivity index (χ4v) is 3.47. The summed E-state index contributed by atoms with van der Waals surface area (Å²) in [4.78, 5) is 12.4. The molecule has 7 nitrogen and oxygen atoms in total. The van der Waals surface area contributed by atoms with Crippen LogP contribution < -0.4 is 14.8 Å². The number of aryl methyl sites for hydroxylation is 2. The highest BCUT2D eigenvalue weighted by atomic mass is 35.5. The second kappa shape index (κ2) is 10.9. The Kier molecular flexibility index (Phi) is 7.99. The smallest absolute Gasteiger partial charge is 0.245 e. The van der Waals surface area contributed by atoms with Crippen molar-refractivity contribution in [2.45, 2.75) is 26.5 Å². The summed E-state index contributed by atoms with van der Waals surface area (Å²) in [7, 11) is 1.53. The average Bonchev–Trinajstić information content (AvgIpc) is 3.14. The van der Waals surface area contributed by atoms with Crippen LogP contribution in [-0.2, 0) is 11.4 Å². The van der Waals surface area contributed by atoms with Crippen LogP contribution in [0.3, 0.4) is 0 Å². The molecule has 1 heterocycles. The average molecular weight is 486 g/mol. The number of benzene rings is 2. The van der Waals surface area contributed by atoms with Crippen LogP contribution >= 0.6 is 23.2 Å². The number of rotatable bonds is 8. The predicted molar refractivity (Wildman–Crippen MR) is 125 cm³/mol. The first-order chi connectivity index (χ1) is 15.8. The Labute approximate surface area is 201 Å². The van der Waals surface area contributed by atoms with Gasteiger partial charge in [-0.15, -0.1) is 0 Å². The van der Waals surface area contributed by atoms with Gasteiger partial charge in [-0.2, -0.15) is 5.26 Å². The molecule has 33 heavy (non-hydrogen) atoms. The third-order valence-electron chi connectivity index (χ3n) is 4.88. The second-order valence-corrected chi connectivity index (χ2v) is 7.83. The highest BCUT2D eigenvalue weighted by Gasteiger charge is 2.17. The Balaban J connectivity index is 1.68. The molecule has 1 aromatic heterocycles. The van der Waals surface area contributed by atoms with Crippen molar-refractivity contribution in [1.82, 2.24) is 10.5 Å². The van der Waals surface area contributed by atoms with Crippen molar-refractivity contribution in [2.75, 3.05) is 7.11 Å². The van der Waals surface area contributed by atoms with Crippen LogP contribution in [0.25, 0.3) is 6.08 Å². The van der Waals surface area contributed by atoms with Crippen LogP contribution in [0.5, 0.6) is 11.5 Å². The van der Waals surface area contributed by atoms with Gasteiger partial charge in [-0.25, -0.2) is 0 Å². The number of hydrogen-bond donors (Lipinski definition) is 1. The van der Waals surface area contributed by atoms with Crippen LogP contribution in [0.1, 0.15) is 34.2 Å². The zero-order valence-electron chi connectivity index (χ0n) is 18.2. The fraction of sp³-hybridized carbons (Fsp3) is 0.208. The van der Waals surface area contributed by atoms with E-state index in [0.717, 1.165) is 11.3 Å². The summed E-state index contributed by atoms with van der Waals surface area (Å²) in [6, 6.07) is 11.3. The summed E-state index contributed by atoms with van der Waals surface area (Å²) in [6.45, 7) is 3.96. The van der Waals surface area contributed by atoms with E-state index < -0.39 is 11.9 Å². The molecule has 1 amide bonds. The summed E-state index contributed by atoms with van der Waals surface area (Å²) in [5.41, 5.74) is 2.78. The molecule has 0 saturated heterocycles. The first-order valence-electron chi connectivity index (χ1n) is 9.88. The minimum atomic E-state index is -0.942. The third-order valence-corrected chi connectivity index (χ3v) is 5.71. The summed E-state index contributed by atoms with van der Waals surface area (Å²) < 4.78 is 16.4. The van der Waals surface area contributed by atoms with Gasteiger partial charge in [-0.1, -0.05) is 46.6 Å². The van der Waals surface area contributed by atoms with E-state index >= 15 is 0 Å². The van der Waals surface area contributed by atoms with E-state index in [1.807, 2.05) is 19.9 Å². The van der Waals surface area contributed by atoms with Gasteiger partial charge in [0, 0.05) is 11.6 Å². The van der Waals surface area contributed by atoms with Gasteiger partial charge < -0.3 is 19.3 Å². The zero-order valence-corrected chi connectivity index (χ0v) is 19.7. The Morgan fingerprint density at radius 3 is 2.73 bits per heavy atom. The number of nitrogens with zero attached hydrogens (tertiary/aromatic N) is 2. The molecule has 0 aliphatic rings. The van der Waals surface area contributed by atoms with E-state index in [1.165, 1.54) is 13.2 Å². The normalized spacial score (nSPS) is 11.8. The zero-order chi connectivity index (χ0) is 24.0. The van der Waals surface area contributed by atoms with Gasteiger partial charge >= 0.3 is 0 Å². The Morgan fingerprint density at radius 1 is 1.27 bits per heavy atom. The minimum absolute atomic E-state index is 0.229. The Morgan fingerprint density at radius 2 is 2.06 bits per heavy atom. The van der Waals surface area contributed by atoms with E-state index in [4.69, 9.17) is 37.2 Å². The van der Waals surface area contributed by atoms with Gasteiger partial charge in [-0.05, 0) is 43.7 Å². The van der Waals surface area contributed by atoms with Crippen molar-refractivity contribution in [3.05, 3.63) is 80.7 Å². The number of amides is 1. The molecule has 3 rings (SSSR count). The number of methoxy groups -OCH3 is 1. The number of carbonyl (C=O) groups excluding carboxylic acids is 1. The first-order valence-corrected chi connectivity index (χ1v) is 10.6. The monoisotopic (exact) mass is 485 g/mol. The molecular weight excluding hydrogens is 465 g/mol. The van der Waals surface area contributed by atoms with E-state index in [1.54, 1.807) is 42.5 Å². The predicted octanol–water partition coefficient (Wildman–Crippen LogP) is 5.58. The number of nitrogens with one attached hydrogen (secondary N) is 1. The number of carbonyl (C=O) groups is 1. The first kappa shape index (κ1) is 24.2. The second-order valence-electron chi connectivity index (χ2n) is 7.05. The topological polar surface area (TPSA) is 97.4 Å². The van der Waals surface area contributed by atoms with Crippen LogP contribution in [0.4, 0.5) is 0 Å². The lowest BCUT2D eigenvalue weighted by molar-refractivity contribution is -0.116. The van der Waals surface area contributed by atoms with Gasteiger partial charge in [0.15, 0.2) is 11.5 Å². The van der Waals surface area contributed by atoms with E-state index in [0.29, 0.717) is 33.4 Å². The van der Waals surface area contributed by atoms with Crippen LogP contribution in [0, 0.1) is 25.2 Å². The molecule has 0 radical (unpaired) electrons. The minimum Gasteiger partial charge on any atom is -0.493 e. The van der Waals surface area contributed by atoms with Crippen molar-refractivity contribution in [3.8, 4) is 17.6 Å². The summed E-state index contributed by atoms with van der Waals surface area (Å²) in [6.07, 6.45) is 2.92. The van der Waals surface area contributed by atoms with Gasteiger partial charge in [0.25, 0.3) is 0 Å². The molecule has 9 heteroatoms. The molecule has 1 N–H and O–H groups in total. The number of halogens is 2. The molecule has 0 aliphatic heterocycles. The quantitative estimate of drug-likeness (QED) is 0.418. The van der Waals surface area contributed by atoms with Gasteiger partial charge in [-0.3, -0.25) is 4.79 Å². The SMILES string of the molecule is COc1cc(/C=C/C(=O)NC(C#N)c2cccc(Cl)c2Cl)ccc1OCc1c(C)noc1C. The lowest BCUT2D eigenvalue weighted by atomic mass is 10.1. The molecule has 170 valence electrons. The van der Waals surface area contributed by atoms with Crippen LogP contribution in [0.2, 0.25) is 10.0 Å². The van der Waals surface area contributed by atoms with E-state index in [-0.39, 0.29) is 11.6 Å². The van der Waals surface area contributed by atoms with Crippen molar-refractivity contribution in [3.63, 3.8) is 0 Å². The van der Waals surface area contributed by atoms with Gasteiger partial charge in [0.2, 0.25) is 5.91 Å². The number of nitriles is 1. The Bertz CT molecular complexity index is 1210. The summed E-state index contributed by atoms with van der Waals surface area (Å²) >= 11 is 12.2. The molecule has 0 aliphatic carbocycles. The lowest BCUT2D eigenvalue weighted by Gasteiger charge is -2.13.